The van der Waals surface area contributed by atoms with Gasteiger partial charge in [-0.3, -0.25) is 4.79 Å². The molecule has 27 heavy (non-hydrogen) atoms. The van der Waals surface area contributed by atoms with Gasteiger partial charge in [0.2, 0.25) is 5.91 Å². The molecule has 3 saturated heterocycles. The largest absolute Gasteiger partial charge is 0.396 e. The van der Waals surface area contributed by atoms with Crippen LogP contribution < -0.4 is 0 Å². The molecule has 2 bridgehead atoms. The van der Waals surface area contributed by atoms with E-state index < -0.39 is 0 Å². The van der Waals surface area contributed by atoms with Crippen molar-refractivity contribution in [1.29, 1.82) is 0 Å². The third-order valence-electron chi connectivity index (χ3n) is 6.82. The first-order valence-electron chi connectivity index (χ1n) is 9.89. The molecule has 0 unspecified atom stereocenters. The van der Waals surface area contributed by atoms with Gasteiger partial charge in [-0.1, -0.05) is 60.7 Å². The minimum absolute atomic E-state index is 0.139. The summed E-state index contributed by atoms with van der Waals surface area (Å²) in [5.41, 5.74) is 1.81. The zero-order chi connectivity index (χ0) is 18.4. The van der Waals surface area contributed by atoms with Crippen LogP contribution in [0.5, 0.6) is 0 Å². The van der Waals surface area contributed by atoms with Crippen molar-refractivity contribution in [3.05, 3.63) is 71.8 Å². The zero-order valence-corrected chi connectivity index (χ0v) is 15.3. The van der Waals surface area contributed by atoms with Crippen molar-refractivity contribution in [1.82, 2.24) is 4.90 Å². The van der Waals surface area contributed by atoms with Crippen LogP contribution in [-0.4, -0.2) is 47.3 Å². The zero-order valence-electron chi connectivity index (χ0n) is 15.3. The molecular weight excluding hydrogens is 338 g/mol. The lowest BCUT2D eigenvalue weighted by atomic mass is 9.74. The Morgan fingerprint density at radius 3 is 2.33 bits per heavy atom. The summed E-state index contributed by atoms with van der Waals surface area (Å²) in [5.74, 6) is 0.271. The molecular formula is C23H25NO3. The maximum atomic E-state index is 13.7. The third kappa shape index (κ3) is 2.62. The van der Waals surface area contributed by atoms with E-state index in [1.54, 1.807) is 0 Å². The molecule has 3 heterocycles. The summed E-state index contributed by atoms with van der Waals surface area (Å²) in [6, 6.07) is 20.0. The number of hydrogen-bond donors (Lipinski definition) is 1. The monoisotopic (exact) mass is 363 g/mol. The first-order valence-corrected chi connectivity index (χ1v) is 9.89. The van der Waals surface area contributed by atoms with E-state index in [1.807, 2.05) is 65.6 Å². The molecule has 2 aromatic rings. The Morgan fingerprint density at radius 1 is 1.11 bits per heavy atom. The van der Waals surface area contributed by atoms with Crippen molar-refractivity contribution in [2.24, 2.45) is 11.8 Å². The van der Waals surface area contributed by atoms with Gasteiger partial charge in [-0.05, 0) is 24.0 Å². The van der Waals surface area contributed by atoms with E-state index in [9.17, 15) is 9.90 Å². The highest BCUT2D eigenvalue weighted by atomic mass is 16.5. The predicted molar refractivity (Wildman–Crippen MR) is 102 cm³/mol. The molecule has 3 aliphatic heterocycles. The van der Waals surface area contributed by atoms with Crippen molar-refractivity contribution in [2.45, 2.75) is 30.5 Å². The van der Waals surface area contributed by atoms with E-state index in [1.165, 1.54) is 0 Å². The third-order valence-corrected chi connectivity index (χ3v) is 6.82. The summed E-state index contributed by atoms with van der Waals surface area (Å²) in [6.07, 6.45) is 2.19. The number of fused-ring (bicyclic) bond motifs is 1. The minimum Gasteiger partial charge on any atom is -0.396 e. The molecule has 4 atom stereocenters. The topological polar surface area (TPSA) is 49.8 Å². The Kier molecular flexibility index (Phi) is 4.06. The average molecular weight is 363 g/mol. The number of rotatable bonds is 4. The second kappa shape index (κ2) is 6.47. The lowest BCUT2D eigenvalue weighted by Gasteiger charge is -2.27. The van der Waals surface area contributed by atoms with Crippen LogP contribution in [0.25, 0.3) is 0 Å². The predicted octanol–water partition coefficient (Wildman–Crippen LogP) is 2.82. The maximum absolute atomic E-state index is 13.7. The van der Waals surface area contributed by atoms with Crippen molar-refractivity contribution in [2.75, 3.05) is 19.7 Å². The second-order valence-corrected chi connectivity index (χ2v) is 8.19. The highest BCUT2D eigenvalue weighted by Gasteiger charge is 2.63. The highest BCUT2D eigenvalue weighted by Crippen LogP contribution is 2.55. The summed E-state index contributed by atoms with van der Waals surface area (Å²) in [6.45, 7) is 1.50. The smallest absolute Gasteiger partial charge is 0.234 e. The van der Waals surface area contributed by atoms with Gasteiger partial charge in [-0.2, -0.15) is 0 Å². The van der Waals surface area contributed by atoms with Crippen LogP contribution in [0.3, 0.4) is 0 Å². The van der Waals surface area contributed by atoms with Gasteiger partial charge in [-0.15, -0.1) is 0 Å². The number of nitrogens with zero attached hydrogens (tertiary/aromatic N) is 1. The summed E-state index contributed by atoms with van der Waals surface area (Å²) < 4.78 is 6.31. The summed E-state index contributed by atoms with van der Waals surface area (Å²) in [4.78, 5) is 15.6. The Balaban J connectivity index is 1.46. The molecule has 3 aliphatic rings. The number of ether oxygens (including phenoxy) is 1. The molecule has 5 rings (SSSR count). The quantitative estimate of drug-likeness (QED) is 0.909. The van der Waals surface area contributed by atoms with Gasteiger partial charge in [0.1, 0.15) is 0 Å². The van der Waals surface area contributed by atoms with Crippen LogP contribution in [0, 0.1) is 11.8 Å². The Labute approximate surface area is 159 Å². The summed E-state index contributed by atoms with van der Waals surface area (Å²) in [5, 5.41) is 9.84. The van der Waals surface area contributed by atoms with Crippen LogP contribution in [-0.2, 0) is 9.53 Å². The summed E-state index contributed by atoms with van der Waals surface area (Å²) >= 11 is 0. The van der Waals surface area contributed by atoms with Gasteiger partial charge < -0.3 is 14.7 Å². The van der Waals surface area contributed by atoms with Crippen molar-refractivity contribution in [3.8, 4) is 0 Å². The Hall–Kier alpha value is -2.17. The number of aliphatic hydroxyl groups is 1. The van der Waals surface area contributed by atoms with Crippen LogP contribution in [0.2, 0.25) is 0 Å². The molecule has 1 spiro atoms. The molecule has 4 nitrogen and oxygen atoms in total. The summed E-state index contributed by atoms with van der Waals surface area (Å²) in [7, 11) is 0. The highest BCUT2D eigenvalue weighted by molar-refractivity contribution is 5.87. The number of carbonyl (C=O) groups excluding carboxylic acids is 1. The Morgan fingerprint density at radius 2 is 1.74 bits per heavy atom. The second-order valence-electron chi connectivity index (χ2n) is 8.19. The fourth-order valence-electron chi connectivity index (χ4n) is 5.55. The number of carbonyl (C=O) groups is 1. The first-order chi connectivity index (χ1) is 13.2. The molecule has 0 aromatic heterocycles. The molecule has 1 amide bonds. The van der Waals surface area contributed by atoms with Crippen LogP contribution >= 0.6 is 0 Å². The fraction of sp³-hybridized carbons (Fsp3) is 0.435. The molecule has 3 fully saturated rings. The van der Waals surface area contributed by atoms with Gasteiger partial charge in [-0.25, -0.2) is 0 Å². The van der Waals surface area contributed by atoms with E-state index in [2.05, 4.69) is 0 Å². The molecule has 0 saturated carbocycles. The van der Waals surface area contributed by atoms with E-state index in [4.69, 9.17) is 4.74 Å². The fourth-order valence-corrected chi connectivity index (χ4v) is 5.55. The van der Waals surface area contributed by atoms with E-state index in [0.29, 0.717) is 13.1 Å². The minimum atomic E-state index is -0.299. The lowest BCUT2D eigenvalue weighted by Crippen LogP contribution is -2.38. The number of benzene rings is 2. The molecule has 140 valence electrons. The van der Waals surface area contributed by atoms with Crippen LogP contribution in [0.15, 0.2) is 60.7 Å². The Bertz CT molecular complexity index is 785. The number of likely N-dealkylation sites (tertiary alicyclic amines) is 1. The molecule has 1 N–H and O–H groups in total. The molecule has 0 aliphatic carbocycles. The number of hydrogen-bond acceptors (Lipinski definition) is 3. The van der Waals surface area contributed by atoms with Gasteiger partial charge in [0.25, 0.3) is 0 Å². The standard InChI is InChI=1S/C23H25NO3/c25-14-18-19-13-24(15-23(19)12-11-20(18)27-23)22(26)21(16-7-3-1-4-8-16)17-9-5-2-6-10-17/h1-10,18-21,25H,11-15H2/t18-,19+,20+,23+/m0/s1. The lowest BCUT2D eigenvalue weighted by molar-refractivity contribution is -0.132. The van der Waals surface area contributed by atoms with E-state index in [0.717, 1.165) is 24.0 Å². The SMILES string of the molecule is O=C(C(c1ccccc1)c1ccccc1)N1C[C@@H]2[C@H](CO)[C@H]3CC[C@]2(C1)O3. The van der Waals surface area contributed by atoms with Crippen molar-refractivity contribution in [3.63, 3.8) is 0 Å². The number of amides is 1. The molecule has 2 aromatic carbocycles. The van der Waals surface area contributed by atoms with E-state index >= 15 is 0 Å². The van der Waals surface area contributed by atoms with Gasteiger partial charge >= 0.3 is 0 Å². The van der Waals surface area contributed by atoms with Crippen molar-refractivity contribution < 1.29 is 14.6 Å². The maximum Gasteiger partial charge on any atom is 0.234 e. The van der Waals surface area contributed by atoms with Gasteiger partial charge in [0.15, 0.2) is 0 Å². The van der Waals surface area contributed by atoms with Crippen LogP contribution in [0.4, 0.5) is 0 Å². The molecule has 4 heteroatoms. The van der Waals surface area contributed by atoms with Crippen molar-refractivity contribution >= 4 is 5.91 Å². The normalized spacial score (nSPS) is 31.5. The van der Waals surface area contributed by atoms with Crippen LogP contribution in [0.1, 0.15) is 29.9 Å². The molecule has 0 radical (unpaired) electrons. The van der Waals surface area contributed by atoms with E-state index in [-0.39, 0.29) is 42.0 Å². The number of aliphatic hydroxyl groups excluding tert-OH is 1. The average Bonchev–Trinajstić information content (AvgIpc) is 3.37. The van der Waals surface area contributed by atoms with Gasteiger partial charge in [0, 0.05) is 25.0 Å². The van der Waals surface area contributed by atoms with Gasteiger partial charge in [0.05, 0.1) is 24.2 Å². The first kappa shape index (κ1) is 17.0.